The maximum atomic E-state index is 12.5. The Kier molecular flexibility index (Phi) is 6.33. The normalized spacial score (nSPS) is 12.0. The van der Waals surface area contributed by atoms with Gasteiger partial charge in [-0.25, -0.2) is 31.3 Å². The van der Waals surface area contributed by atoms with Crippen LogP contribution < -0.4 is 14.8 Å². The number of fused-ring (bicyclic) bond motifs is 1. The molecule has 2 aromatic carbocycles. The Morgan fingerprint density at radius 1 is 1.07 bits per heavy atom. The standard InChI is InChI=1S/C18H18N4O5S3/c1-3-10-20-30(26,27)13-6-4-12(5-7-13)17(23)22-18-21-15-9-8-14(11-16(15)28-18)29(24,25)19-2/h3-9,11,19-20H,1,10H2,2H3,(H,21,22,23). The number of nitrogens with zero attached hydrogens (tertiary/aromatic N) is 1. The lowest BCUT2D eigenvalue weighted by atomic mass is 10.2. The van der Waals surface area contributed by atoms with E-state index in [2.05, 4.69) is 26.3 Å². The van der Waals surface area contributed by atoms with Crippen LogP contribution in [0.25, 0.3) is 10.2 Å². The molecular weight excluding hydrogens is 448 g/mol. The van der Waals surface area contributed by atoms with Gasteiger partial charge in [-0.3, -0.25) is 10.1 Å². The molecule has 1 heterocycles. The summed E-state index contributed by atoms with van der Waals surface area (Å²) >= 11 is 1.13. The molecule has 1 aromatic heterocycles. The fraction of sp³-hybridized carbons (Fsp3) is 0.111. The van der Waals surface area contributed by atoms with Crippen molar-refractivity contribution in [1.82, 2.24) is 14.4 Å². The summed E-state index contributed by atoms with van der Waals surface area (Å²) in [5.41, 5.74) is 0.787. The van der Waals surface area contributed by atoms with E-state index >= 15 is 0 Å². The molecule has 158 valence electrons. The summed E-state index contributed by atoms with van der Waals surface area (Å²) in [4.78, 5) is 16.9. The van der Waals surface area contributed by atoms with Gasteiger partial charge in [-0.05, 0) is 49.5 Å². The topological polar surface area (TPSA) is 134 Å². The van der Waals surface area contributed by atoms with Crippen molar-refractivity contribution in [1.29, 1.82) is 0 Å². The predicted octanol–water partition coefficient (Wildman–Crippen LogP) is 1.92. The van der Waals surface area contributed by atoms with Gasteiger partial charge in [-0.2, -0.15) is 0 Å². The molecule has 0 bridgehead atoms. The first-order valence-electron chi connectivity index (χ1n) is 8.52. The second kappa shape index (κ2) is 8.62. The van der Waals surface area contributed by atoms with Crippen molar-refractivity contribution in [2.24, 2.45) is 0 Å². The number of amides is 1. The van der Waals surface area contributed by atoms with Crippen LogP contribution in [-0.4, -0.2) is 41.3 Å². The van der Waals surface area contributed by atoms with E-state index in [1.54, 1.807) is 6.07 Å². The average Bonchev–Trinajstić information content (AvgIpc) is 3.13. The summed E-state index contributed by atoms with van der Waals surface area (Å²) in [6, 6.07) is 9.90. The van der Waals surface area contributed by atoms with E-state index in [0.717, 1.165) is 11.3 Å². The average molecular weight is 467 g/mol. The van der Waals surface area contributed by atoms with Crippen molar-refractivity contribution in [2.75, 3.05) is 18.9 Å². The van der Waals surface area contributed by atoms with Gasteiger partial charge in [0.05, 0.1) is 20.0 Å². The Bertz CT molecular complexity index is 1310. The molecule has 0 fully saturated rings. The van der Waals surface area contributed by atoms with Gasteiger partial charge in [0, 0.05) is 12.1 Å². The summed E-state index contributed by atoms with van der Waals surface area (Å²) in [6.45, 7) is 3.55. The van der Waals surface area contributed by atoms with Crippen LogP contribution in [0.4, 0.5) is 5.13 Å². The minimum atomic E-state index is -3.68. The molecule has 3 rings (SSSR count). The summed E-state index contributed by atoms with van der Waals surface area (Å²) in [5, 5.41) is 2.93. The minimum absolute atomic E-state index is 0.0270. The number of carbonyl (C=O) groups is 1. The Hall–Kier alpha value is -2.64. The molecule has 0 atom stereocenters. The van der Waals surface area contributed by atoms with Gasteiger partial charge in [-0.1, -0.05) is 17.4 Å². The van der Waals surface area contributed by atoms with Gasteiger partial charge in [0.25, 0.3) is 5.91 Å². The molecule has 0 aliphatic carbocycles. The quantitative estimate of drug-likeness (QED) is 0.434. The van der Waals surface area contributed by atoms with E-state index in [0.29, 0.717) is 15.3 Å². The molecule has 0 aliphatic rings. The number of rotatable bonds is 8. The van der Waals surface area contributed by atoms with Crippen LogP contribution in [0.15, 0.2) is 64.9 Å². The molecule has 1 amide bonds. The van der Waals surface area contributed by atoms with Gasteiger partial charge in [0.2, 0.25) is 20.0 Å². The zero-order valence-electron chi connectivity index (χ0n) is 15.7. The van der Waals surface area contributed by atoms with Gasteiger partial charge >= 0.3 is 0 Å². The zero-order valence-corrected chi connectivity index (χ0v) is 18.2. The summed E-state index contributed by atoms with van der Waals surface area (Å²) < 4.78 is 53.2. The molecule has 9 nitrogen and oxygen atoms in total. The number of thiazole rings is 1. The first kappa shape index (κ1) is 22.1. The monoisotopic (exact) mass is 466 g/mol. The number of anilines is 1. The van der Waals surface area contributed by atoms with Crippen molar-refractivity contribution < 1.29 is 21.6 Å². The minimum Gasteiger partial charge on any atom is -0.298 e. The molecule has 0 saturated heterocycles. The molecule has 0 radical (unpaired) electrons. The Morgan fingerprint density at radius 3 is 2.37 bits per heavy atom. The van der Waals surface area contributed by atoms with Crippen molar-refractivity contribution in [3.05, 3.63) is 60.7 Å². The number of carbonyl (C=O) groups excluding carboxylic acids is 1. The van der Waals surface area contributed by atoms with E-state index in [-0.39, 0.29) is 21.9 Å². The fourth-order valence-corrected chi connectivity index (χ4v) is 5.18. The van der Waals surface area contributed by atoms with Gasteiger partial charge in [0.1, 0.15) is 0 Å². The van der Waals surface area contributed by atoms with Crippen molar-refractivity contribution in [3.63, 3.8) is 0 Å². The van der Waals surface area contributed by atoms with Crippen LogP contribution in [0.2, 0.25) is 0 Å². The van der Waals surface area contributed by atoms with Crippen LogP contribution in [-0.2, 0) is 20.0 Å². The summed E-state index contributed by atoms with van der Waals surface area (Å²) in [5.74, 6) is -0.472. The first-order chi connectivity index (χ1) is 14.2. The lowest BCUT2D eigenvalue weighted by Gasteiger charge is -2.06. The van der Waals surface area contributed by atoms with Crippen molar-refractivity contribution in [2.45, 2.75) is 9.79 Å². The molecule has 0 unspecified atom stereocenters. The summed E-state index contributed by atoms with van der Waals surface area (Å²) in [7, 11) is -5.94. The van der Waals surface area contributed by atoms with Crippen molar-refractivity contribution >= 4 is 52.6 Å². The third kappa shape index (κ3) is 4.74. The Balaban J connectivity index is 1.79. The number of benzene rings is 2. The fourth-order valence-electron chi connectivity index (χ4n) is 2.45. The second-order valence-corrected chi connectivity index (χ2v) is 10.7. The largest absolute Gasteiger partial charge is 0.298 e. The second-order valence-electron chi connectivity index (χ2n) is 5.98. The summed E-state index contributed by atoms with van der Waals surface area (Å²) in [6.07, 6.45) is 1.43. The van der Waals surface area contributed by atoms with E-state index in [9.17, 15) is 21.6 Å². The first-order valence-corrected chi connectivity index (χ1v) is 12.3. The van der Waals surface area contributed by atoms with Gasteiger partial charge in [-0.15, -0.1) is 6.58 Å². The van der Waals surface area contributed by atoms with E-state index < -0.39 is 26.0 Å². The third-order valence-corrected chi connectivity index (χ3v) is 7.79. The van der Waals surface area contributed by atoms with E-state index in [1.165, 1.54) is 49.5 Å². The van der Waals surface area contributed by atoms with Crippen LogP contribution in [0, 0.1) is 0 Å². The highest BCUT2D eigenvalue weighted by atomic mass is 32.2. The van der Waals surface area contributed by atoms with Gasteiger partial charge < -0.3 is 0 Å². The van der Waals surface area contributed by atoms with Crippen molar-refractivity contribution in [3.8, 4) is 0 Å². The highest BCUT2D eigenvalue weighted by Crippen LogP contribution is 2.28. The maximum absolute atomic E-state index is 12.5. The molecule has 30 heavy (non-hydrogen) atoms. The Labute approximate surface area is 177 Å². The zero-order chi connectivity index (χ0) is 21.9. The maximum Gasteiger partial charge on any atom is 0.257 e. The number of hydrogen-bond acceptors (Lipinski definition) is 7. The van der Waals surface area contributed by atoms with Crippen LogP contribution in [0.1, 0.15) is 10.4 Å². The van der Waals surface area contributed by atoms with E-state index in [4.69, 9.17) is 0 Å². The van der Waals surface area contributed by atoms with Gasteiger partial charge in [0.15, 0.2) is 5.13 Å². The molecule has 0 aliphatic heterocycles. The number of nitrogens with one attached hydrogen (secondary N) is 3. The Morgan fingerprint density at radius 2 is 1.73 bits per heavy atom. The number of hydrogen-bond donors (Lipinski definition) is 3. The lowest BCUT2D eigenvalue weighted by molar-refractivity contribution is 0.102. The number of aromatic nitrogens is 1. The number of sulfonamides is 2. The molecule has 12 heteroatoms. The van der Waals surface area contributed by atoms with E-state index in [1.807, 2.05) is 0 Å². The molecule has 0 saturated carbocycles. The molecular formula is C18H18N4O5S3. The van der Waals surface area contributed by atoms with Crippen LogP contribution >= 0.6 is 11.3 Å². The predicted molar refractivity (Wildman–Crippen MR) is 116 cm³/mol. The highest BCUT2D eigenvalue weighted by molar-refractivity contribution is 7.89. The van der Waals surface area contributed by atoms with Crippen LogP contribution in [0.3, 0.4) is 0 Å². The third-order valence-electron chi connectivity index (χ3n) is 4.00. The highest BCUT2D eigenvalue weighted by Gasteiger charge is 2.16. The molecule has 3 N–H and O–H groups in total. The molecule has 0 spiro atoms. The molecule has 3 aromatic rings. The lowest BCUT2D eigenvalue weighted by Crippen LogP contribution is -2.23. The SMILES string of the molecule is C=CCNS(=O)(=O)c1ccc(C(=O)Nc2nc3ccc(S(=O)(=O)NC)cc3s2)cc1. The smallest absolute Gasteiger partial charge is 0.257 e. The van der Waals surface area contributed by atoms with Crippen LogP contribution in [0.5, 0.6) is 0 Å².